The van der Waals surface area contributed by atoms with Crippen LogP contribution in [0.5, 0.6) is 0 Å². The van der Waals surface area contributed by atoms with Crippen LogP contribution in [0.25, 0.3) is 0 Å². The molecule has 0 saturated carbocycles. The molecule has 0 aromatic rings. The molecule has 0 aromatic carbocycles. The van der Waals surface area contributed by atoms with Crippen molar-refractivity contribution in [2.24, 2.45) is 5.92 Å². The van der Waals surface area contributed by atoms with Crippen molar-refractivity contribution in [3.8, 4) is 0 Å². The first-order chi connectivity index (χ1) is 7.86. The third kappa shape index (κ3) is 3.31. The van der Waals surface area contributed by atoms with E-state index in [0.717, 1.165) is 12.8 Å². The molecule has 2 nitrogen and oxygen atoms in total. The van der Waals surface area contributed by atoms with Crippen LogP contribution in [0, 0.1) is 5.92 Å². The van der Waals surface area contributed by atoms with E-state index in [9.17, 15) is 4.79 Å². The van der Waals surface area contributed by atoms with Gasteiger partial charge in [-0.2, -0.15) is 0 Å². The first-order valence-electron chi connectivity index (χ1n) is 6.47. The van der Waals surface area contributed by atoms with E-state index in [1.165, 1.54) is 38.9 Å². The smallest absolute Gasteiger partial charge is 0.162 e. The van der Waals surface area contributed by atoms with E-state index in [2.05, 4.69) is 4.90 Å². The molecule has 0 amide bonds. The number of ketones is 1. The summed E-state index contributed by atoms with van der Waals surface area (Å²) in [5, 5.41) is 0. The molecule has 88 valence electrons. The molecule has 1 unspecified atom stereocenters. The zero-order valence-corrected chi connectivity index (χ0v) is 9.90. The van der Waals surface area contributed by atoms with Crippen molar-refractivity contribution in [1.29, 1.82) is 0 Å². The summed E-state index contributed by atoms with van der Waals surface area (Å²) >= 11 is 0. The van der Waals surface area contributed by atoms with Gasteiger partial charge in [-0.3, -0.25) is 4.79 Å². The maximum absolute atomic E-state index is 11.5. The first-order valence-corrected chi connectivity index (χ1v) is 6.47. The van der Waals surface area contributed by atoms with Gasteiger partial charge < -0.3 is 4.90 Å². The van der Waals surface area contributed by atoms with Gasteiger partial charge in [-0.25, -0.2) is 0 Å². The maximum atomic E-state index is 11.5. The highest BCUT2D eigenvalue weighted by Crippen LogP contribution is 2.16. The average molecular weight is 219 g/mol. The number of rotatable bonds is 4. The summed E-state index contributed by atoms with van der Waals surface area (Å²) < 4.78 is 0. The Labute approximate surface area is 98.0 Å². The second-order valence-electron chi connectivity index (χ2n) is 4.80. The van der Waals surface area contributed by atoms with E-state index < -0.39 is 0 Å². The molecule has 0 N–H and O–H groups in total. The van der Waals surface area contributed by atoms with Gasteiger partial charge >= 0.3 is 0 Å². The van der Waals surface area contributed by atoms with Crippen LogP contribution in [0.1, 0.15) is 32.1 Å². The lowest BCUT2D eigenvalue weighted by Crippen LogP contribution is -2.31. The van der Waals surface area contributed by atoms with Crippen molar-refractivity contribution in [3.05, 3.63) is 24.3 Å². The predicted octanol–water partition coefficient (Wildman–Crippen LogP) is 2.56. The first kappa shape index (κ1) is 11.6. The van der Waals surface area contributed by atoms with Crippen LogP contribution in [0.3, 0.4) is 0 Å². The van der Waals surface area contributed by atoms with Gasteiger partial charge in [0.25, 0.3) is 0 Å². The van der Waals surface area contributed by atoms with Gasteiger partial charge in [0.15, 0.2) is 5.78 Å². The minimum absolute atomic E-state index is 0.148. The molecule has 2 heteroatoms. The van der Waals surface area contributed by atoms with Gasteiger partial charge in [0.1, 0.15) is 0 Å². The van der Waals surface area contributed by atoms with E-state index in [0.29, 0.717) is 0 Å². The lowest BCUT2D eigenvalue weighted by Gasteiger charge is -2.26. The zero-order chi connectivity index (χ0) is 11.2. The highest BCUT2D eigenvalue weighted by molar-refractivity contribution is 5.94. The largest absolute Gasteiger partial charge is 0.303 e. The number of nitrogens with zero attached hydrogens (tertiary/aromatic N) is 1. The Bertz CT molecular complexity index is 287. The fourth-order valence-corrected chi connectivity index (χ4v) is 2.52. The Kier molecular flexibility index (Phi) is 4.34. The summed E-state index contributed by atoms with van der Waals surface area (Å²) in [7, 11) is 0. The van der Waals surface area contributed by atoms with Gasteiger partial charge in [-0.1, -0.05) is 24.6 Å². The van der Waals surface area contributed by atoms with Crippen LogP contribution < -0.4 is 0 Å². The summed E-state index contributed by atoms with van der Waals surface area (Å²) in [5.41, 5.74) is 0. The van der Waals surface area contributed by atoms with E-state index in [-0.39, 0.29) is 11.7 Å². The highest BCUT2D eigenvalue weighted by atomic mass is 16.1. The Balaban J connectivity index is 1.65. The number of carbonyl (C=O) groups is 1. The Hall–Kier alpha value is -0.890. The van der Waals surface area contributed by atoms with Gasteiger partial charge in [-0.05, 0) is 51.4 Å². The quantitative estimate of drug-likeness (QED) is 0.724. The minimum Gasteiger partial charge on any atom is -0.303 e. The number of piperidine rings is 1. The van der Waals surface area contributed by atoms with Gasteiger partial charge in [0.2, 0.25) is 0 Å². The Morgan fingerprint density at radius 1 is 1.19 bits per heavy atom. The van der Waals surface area contributed by atoms with Crippen molar-refractivity contribution in [2.45, 2.75) is 32.1 Å². The summed E-state index contributed by atoms with van der Waals surface area (Å²) in [6.07, 6.45) is 13.8. The van der Waals surface area contributed by atoms with Crippen LogP contribution in [0.2, 0.25) is 0 Å². The van der Waals surface area contributed by atoms with Crippen molar-refractivity contribution in [2.75, 3.05) is 19.6 Å². The summed E-state index contributed by atoms with van der Waals surface area (Å²) in [6, 6.07) is 0. The zero-order valence-electron chi connectivity index (χ0n) is 9.90. The van der Waals surface area contributed by atoms with Crippen LogP contribution in [-0.2, 0) is 4.79 Å². The normalized spacial score (nSPS) is 26.2. The second-order valence-corrected chi connectivity index (χ2v) is 4.80. The SMILES string of the molecule is O=C1C=CC=CC1CCCN1CCCCC1. The molecule has 1 saturated heterocycles. The van der Waals surface area contributed by atoms with Gasteiger partial charge in [0.05, 0.1) is 0 Å². The number of hydrogen-bond donors (Lipinski definition) is 0. The molecular weight excluding hydrogens is 198 g/mol. The van der Waals surface area contributed by atoms with E-state index >= 15 is 0 Å². The molecular formula is C14H21NO. The molecule has 1 fully saturated rings. The lowest BCUT2D eigenvalue weighted by molar-refractivity contribution is -0.117. The fourth-order valence-electron chi connectivity index (χ4n) is 2.52. The van der Waals surface area contributed by atoms with E-state index in [1.54, 1.807) is 6.08 Å². The molecule has 16 heavy (non-hydrogen) atoms. The van der Waals surface area contributed by atoms with Crippen LogP contribution in [-0.4, -0.2) is 30.3 Å². The minimum atomic E-state index is 0.148. The topological polar surface area (TPSA) is 20.3 Å². The third-order valence-electron chi connectivity index (χ3n) is 3.52. The Morgan fingerprint density at radius 2 is 2.00 bits per heavy atom. The number of likely N-dealkylation sites (tertiary alicyclic amines) is 1. The molecule has 0 aromatic heterocycles. The van der Waals surface area contributed by atoms with E-state index in [4.69, 9.17) is 0 Å². The standard InChI is InChI=1S/C14H21NO/c16-14-9-3-2-7-13(14)8-6-12-15-10-4-1-5-11-15/h2-3,7,9,13H,1,4-6,8,10-12H2. The van der Waals surface area contributed by atoms with Crippen molar-refractivity contribution in [1.82, 2.24) is 4.90 Å². The predicted molar refractivity (Wildman–Crippen MR) is 66.3 cm³/mol. The fraction of sp³-hybridized carbons (Fsp3) is 0.643. The van der Waals surface area contributed by atoms with E-state index in [1.807, 2.05) is 18.2 Å². The molecule has 1 aliphatic carbocycles. The Morgan fingerprint density at radius 3 is 2.75 bits per heavy atom. The van der Waals surface area contributed by atoms with Gasteiger partial charge in [-0.15, -0.1) is 0 Å². The summed E-state index contributed by atoms with van der Waals surface area (Å²) in [5.74, 6) is 0.427. The molecule has 0 spiro atoms. The monoisotopic (exact) mass is 219 g/mol. The molecule has 0 radical (unpaired) electrons. The van der Waals surface area contributed by atoms with Crippen LogP contribution in [0.4, 0.5) is 0 Å². The van der Waals surface area contributed by atoms with Crippen molar-refractivity contribution < 1.29 is 4.79 Å². The number of carbonyl (C=O) groups excluding carboxylic acids is 1. The number of hydrogen-bond acceptors (Lipinski definition) is 2. The van der Waals surface area contributed by atoms with Crippen molar-refractivity contribution in [3.63, 3.8) is 0 Å². The molecule has 1 aliphatic heterocycles. The molecule has 1 heterocycles. The molecule has 0 bridgehead atoms. The van der Waals surface area contributed by atoms with Crippen LogP contribution in [0.15, 0.2) is 24.3 Å². The second kappa shape index (κ2) is 6.00. The molecule has 2 rings (SSSR count). The average Bonchev–Trinajstić information content (AvgIpc) is 2.33. The lowest BCUT2D eigenvalue weighted by atomic mass is 9.94. The third-order valence-corrected chi connectivity index (χ3v) is 3.52. The van der Waals surface area contributed by atoms with Crippen molar-refractivity contribution >= 4 is 5.78 Å². The summed E-state index contributed by atoms with van der Waals surface area (Å²) in [4.78, 5) is 14.1. The number of allylic oxidation sites excluding steroid dienone is 4. The van der Waals surface area contributed by atoms with Gasteiger partial charge in [0, 0.05) is 5.92 Å². The highest BCUT2D eigenvalue weighted by Gasteiger charge is 2.15. The van der Waals surface area contributed by atoms with Crippen LogP contribution >= 0.6 is 0 Å². The maximum Gasteiger partial charge on any atom is 0.162 e. The molecule has 1 atom stereocenters. The summed E-state index contributed by atoms with van der Waals surface area (Å²) in [6.45, 7) is 3.68. The molecule has 2 aliphatic rings.